The van der Waals surface area contributed by atoms with E-state index in [4.69, 9.17) is 11.6 Å². The van der Waals surface area contributed by atoms with Crippen LogP contribution in [0.15, 0.2) is 18.2 Å². The summed E-state index contributed by atoms with van der Waals surface area (Å²) < 4.78 is 0. The molecule has 0 aromatic heterocycles. The molecule has 1 N–H and O–H groups in total. The molecular formula is C17H27ClN2. The van der Waals surface area contributed by atoms with E-state index in [1.807, 2.05) is 6.07 Å². The molecule has 0 unspecified atom stereocenters. The van der Waals surface area contributed by atoms with Crippen LogP contribution in [0, 0.1) is 5.92 Å². The van der Waals surface area contributed by atoms with Crippen LogP contribution in [0.3, 0.4) is 0 Å². The smallest absolute Gasteiger partial charge is 0.0471 e. The Bertz CT molecular complexity index is 423. The Morgan fingerprint density at radius 1 is 1.30 bits per heavy atom. The summed E-state index contributed by atoms with van der Waals surface area (Å²) in [4.78, 5) is 2.51. The molecule has 0 saturated carbocycles. The van der Waals surface area contributed by atoms with Gasteiger partial charge in [0.1, 0.15) is 0 Å². The Hall–Kier alpha value is -0.730. The molecule has 0 radical (unpaired) electrons. The van der Waals surface area contributed by atoms with Gasteiger partial charge in [0.25, 0.3) is 0 Å². The van der Waals surface area contributed by atoms with Gasteiger partial charge in [-0.05, 0) is 30.9 Å². The topological polar surface area (TPSA) is 15.3 Å². The van der Waals surface area contributed by atoms with Gasteiger partial charge >= 0.3 is 0 Å². The highest BCUT2D eigenvalue weighted by atomic mass is 35.5. The molecule has 0 amide bonds. The normalized spacial score (nSPS) is 16.9. The molecule has 1 fully saturated rings. The molecule has 1 aliphatic heterocycles. The molecule has 0 spiro atoms. The maximum atomic E-state index is 6.42. The van der Waals surface area contributed by atoms with E-state index in [-0.39, 0.29) is 0 Å². The predicted octanol–water partition coefficient (Wildman–Crippen LogP) is 4.46. The van der Waals surface area contributed by atoms with Crippen molar-refractivity contribution in [1.29, 1.82) is 0 Å². The van der Waals surface area contributed by atoms with Gasteiger partial charge in [-0.1, -0.05) is 44.9 Å². The van der Waals surface area contributed by atoms with Gasteiger partial charge in [-0.25, -0.2) is 0 Å². The Morgan fingerprint density at radius 3 is 2.60 bits per heavy atom. The number of nitrogens with zero attached hydrogens (tertiary/aromatic N) is 1. The highest BCUT2D eigenvalue weighted by Crippen LogP contribution is 2.31. The summed E-state index contributed by atoms with van der Waals surface area (Å²) in [5, 5.41) is 4.37. The van der Waals surface area contributed by atoms with Crippen LogP contribution >= 0.6 is 11.6 Å². The fourth-order valence-electron chi connectivity index (χ4n) is 2.91. The highest BCUT2D eigenvalue weighted by Gasteiger charge is 2.20. The molecule has 2 rings (SSSR count). The van der Waals surface area contributed by atoms with Crippen LogP contribution in [0.1, 0.15) is 45.6 Å². The van der Waals surface area contributed by atoms with Crippen molar-refractivity contribution in [2.75, 3.05) is 18.0 Å². The zero-order valence-corrected chi connectivity index (χ0v) is 13.7. The molecule has 112 valence electrons. The summed E-state index contributed by atoms with van der Waals surface area (Å²) in [6.07, 6.45) is 3.92. The largest absolute Gasteiger partial charge is 0.371 e. The van der Waals surface area contributed by atoms with Gasteiger partial charge < -0.3 is 10.2 Å². The molecule has 0 atom stereocenters. The van der Waals surface area contributed by atoms with Gasteiger partial charge in [0.15, 0.2) is 0 Å². The minimum atomic E-state index is 0.477. The lowest BCUT2D eigenvalue weighted by molar-refractivity contribution is 0.394. The number of halogens is 1. The standard InChI is InChI=1S/C17H27ClN2/c1-4-14-8-10-20(11-9-14)17-7-5-6-16(18)15(17)12-19-13(2)3/h5-7,13-14,19H,4,8-12H2,1-3H3. The molecule has 1 aromatic carbocycles. The van der Waals surface area contributed by atoms with Crippen LogP contribution in [-0.2, 0) is 6.54 Å². The highest BCUT2D eigenvalue weighted by molar-refractivity contribution is 6.31. The maximum absolute atomic E-state index is 6.42. The molecule has 1 saturated heterocycles. The summed E-state index contributed by atoms with van der Waals surface area (Å²) in [6, 6.07) is 6.77. The van der Waals surface area contributed by atoms with E-state index in [0.717, 1.165) is 30.6 Å². The number of piperidine rings is 1. The molecule has 0 aliphatic carbocycles. The molecule has 20 heavy (non-hydrogen) atoms. The molecule has 1 aliphatic rings. The van der Waals surface area contributed by atoms with Crippen molar-refractivity contribution < 1.29 is 0 Å². The van der Waals surface area contributed by atoms with E-state index in [0.29, 0.717) is 6.04 Å². The second-order valence-electron chi connectivity index (χ2n) is 6.11. The minimum absolute atomic E-state index is 0.477. The first kappa shape index (κ1) is 15.7. The van der Waals surface area contributed by atoms with Crippen LogP contribution in [0.2, 0.25) is 5.02 Å². The quantitative estimate of drug-likeness (QED) is 0.862. The Kier molecular flexibility index (Phi) is 5.74. The third-order valence-electron chi connectivity index (χ3n) is 4.31. The van der Waals surface area contributed by atoms with E-state index in [1.54, 1.807) is 0 Å². The first-order chi connectivity index (χ1) is 9.61. The summed E-state index contributed by atoms with van der Waals surface area (Å²) in [6.45, 7) is 9.81. The van der Waals surface area contributed by atoms with Gasteiger partial charge in [-0.15, -0.1) is 0 Å². The lowest BCUT2D eigenvalue weighted by Gasteiger charge is -2.35. The molecule has 3 heteroatoms. The van der Waals surface area contributed by atoms with Crippen molar-refractivity contribution in [1.82, 2.24) is 5.32 Å². The van der Waals surface area contributed by atoms with Crippen LogP contribution in [0.25, 0.3) is 0 Å². The molecule has 1 heterocycles. The van der Waals surface area contributed by atoms with Crippen molar-refractivity contribution >= 4 is 17.3 Å². The molecular weight excluding hydrogens is 268 g/mol. The van der Waals surface area contributed by atoms with Gasteiger partial charge in [-0.2, -0.15) is 0 Å². The van der Waals surface area contributed by atoms with E-state index in [2.05, 4.69) is 43.1 Å². The lowest BCUT2D eigenvalue weighted by atomic mass is 9.93. The average Bonchev–Trinajstić information content (AvgIpc) is 2.45. The molecule has 2 nitrogen and oxygen atoms in total. The van der Waals surface area contributed by atoms with Crippen LogP contribution in [-0.4, -0.2) is 19.1 Å². The summed E-state index contributed by atoms with van der Waals surface area (Å²) in [5.41, 5.74) is 2.57. The second kappa shape index (κ2) is 7.33. The Morgan fingerprint density at radius 2 is 2.00 bits per heavy atom. The SMILES string of the molecule is CCC1CCN(c2cccc(Cl)c2CNC(C)C)CC1. The van der Waals surface area contributed by atoms with Gasteiger partial charge in [-0.3, -0.25) is 0 Å². The second-order valence-corrected chi connectivity index (χ2v) is 6.52. The van der Waals surface area contributed by atoms with Crippen molar-refractivity contribution in [3.05, 3.63) is 28.8 Å². The van der Waals surface area contributed by atoms with E-state index < -0.39 is 0 Å². The van der Waals surface area contributed by atoms with Gasteiger partial charge in [0.2, 0.25) is 0 Å². The number of hydrogen-bond donors (Lipinski definition) is 1. The average molecular weight is 295 g/mol. The van der Waals surface area contributed by atoms with Gasteiger partial charge in [0.05, 0.1) is 0 Å². The van der Waals surface area contributed by atoms with Crippen molar-refractivity contribution in [3.63, 3.8) is 0 Å². The minimum Gasteiger partial charge on any atom is -0.371 e. The van der Waals surface area contributed by atoms with Crippen molar-refractivity contribution in [3.8, 4) is 0 Å². The molecule has 0 bridgehead atoms. The predicted molar refractivity (Wildman–Crippen MR) is 88.7 cm³/mol. The first-order valence-corrected chi connectivity index (χ1v) is 8.25. The number of rotatable bonds is 5. The van der Waals surface area contributed by atoms with Crippen molar-refractivity contribution in [2.45, 2.75) is 52.6 Å². The number of nitrogens with one attached hydrogen (secondary N) is 1. The third kappa shape index (κ3) is 3.89. The third-order valence-corrected chi connectivity index (χ3v) is 4.67. The van der Waals surface area contributed by atoms with Crippen LogP contribution < -0.4 is 10.2 Å². The summed E-state index contributed by atoms with van der Waals surface area (Å²) >= 11 is 6.42. The number of hydrogen-bond acceptors (Lipinski definition) is 2. The fourth-order valence-corrected chi connectivity index (χ4v) is 3.14. The summed E-state index contributed by atoms with van der Waals surface area (Å²) in [5.74, 6) is 0.905. The van der Waals surface area contributed by atoms with Crippen LogP contribution in [0.5, 0.6) is 0 Å². The van der Waals surface area contributed by atoms with E-state index in [1.165, 1.54) is 30.5 Å². The zero-order chi connectivity index (χ0) is 14.5. The van der Waals surface area contributed by atoms with Crippen LogP contribution in [0.4, 0.5) is 5.69 Å². The Balaban J connectivity index is 2.12. The fraction of sp³-hybridized carbons (Fsp3) is 0.647. The van der Waals surface area contributed by atoms with Crippen molar-refractivity contribution in [2.24, 2.45) is 5.92 Å². The van der Waals surface area contributed by atoms with E-state index >= 15 is 0 Å². The zero-order valence-electron chi connectivity index (χ0n) is 13.0. The monoisotopic (exact) mass is 294 g/mol. The van der Waals surface area contributed by atoms with E-state index in [9.17, 15) is 0 Å². The lowest BCUT2D eigenvalue weighted by Crippen LogP contribution is -2.34. The first-order valence-electron chi connectivity index (χ1n) is 7.87. The number of anilines is 1. The molecule has 1 aromatic rings. The Labute approximate surface area is 128 Å². The number of benzene rings is 1. The summed E-state index contributed by atoms with van der Waals surface area (Å²) in [7, 11) is 0. The maximum Gasteiger partial charge on any atom is 0.0471 e. The van der Waals surface area contributed by atoms with Gasteiger partial charge in [0, 0.05) is 41.9 Å².